The topological polar surface area (TPSA) is 24.5 Å². The van der Waals surface area contributed by atoms with E-state index in [0.717, 1.165) is 44.9 Å². The molecule has 19 heavy (non-hydrogen) atoms. The Morgan fingerprint density at radius 1 is 1.53 bits per heavy atom. The third-order valence-corrected chi connectivity index (χ3v) is 3.96. The lowest BCUT2D eigenvalue weighted by atomic mass is 10.2. The van der Waals surface area contributed by atoms with Crippen LogP contribution in [0.3, 0.4) is 0 Å². The van der Waals surface area contributed by atoms with Gasteiger partial charge in [0.05, 0.1) is 17.2 Å². The van der Waals surface area contributed by atoms with E-state index in [4.69, 9.17) is 4.74 Å². The van der Waals surface area contributed by atoms with Crippen LogP contribution >= 0.6 is 15.9 Å². The summed E-state index contributed by atoms with van der Waals surface area (Å²) in [7, 11) is 0. The molecule has 5 heteroatoms. The molecule has 1 saturated heterocycles. The maximum Gasteiger partial charge on any atom is 0.137 e. The highest BCUT2D eigenvalue weighted by Gasteiger charge is 2.18. The fourth-order valence-corrected chi connectivity index (χ4v) is 2.64. The molecule has 1 fully saturated rings. The predicted octanol–water partition coefficient (Wildman–Crippen LogP) is 2.40. The van der Waals surface area contributed by atoms with Crippen LogP contribution in [-0.2, 0) is 11.3 Å². The summed E-state index contributed by atoms with van der Waals surface area (Å²) in [6.07, 6.45) is 0.248. The van der Waals surface area contributed by atoms with E-state index in [1.165, 1.54) is 6.07 Å². The van der Waals surface area contributed by atoms with E-state index < -0.39 is 0 Å². The molecular weight excluding hydrogens is 311 g/mol. The van der Waals surface area contributed by atoms with Crippen LogP contribution in [0.5, 0.6) is 0 Å². The molecule has 0 radical (unpaired) electrons. The highest BCUT2D eigenvalue weighted by atomic mass is 79.9. The zero-order chi connectivity index (χ0) is 13.7. The average molecular weight is 331 g/mol. The van der Waals surface area contributed by atoms with Crippen molar-refractivity contribution in [2.75, 3.05) is 32.8 Å². The minimum atomic E-state index is -0.224. The molecule has 0 amide bonds. The minimum Gasteiger partial charge on any atom is -0.374 e. The van der Waals surface area contributed by atoms with E-state index in [9.17, 15) is 4.39 Å². The smallest absolute Gasteiger partial charge is 0.137 e. The monoisotopic (exact) mass is 330 g/mol. The zero-order valence-electron chi connectivity index (χ0n) is 11.2. The van der Waals surface area contributed by atoms with Gasteiger partial charge in [-0.2, -0.15) is 0 Å². The molecule has 0 spiro atoms. The number of likely N-dealkylation sites (N-methyl/N-ethyl adjacent to an activating group) is 1. The minimum absolute atomic E-state index is 0.224. The first-order valence-corrected chi connectivity index (χ1v) is 7.47. The van der Waals surface area contributed by atoms with E-state index in [1.54, 1.807) is 6.07 Å². The quantitative estimate of drug-likeness (QED) is 0.897. The van der Waals surface area contributed by atoms with E-state index in [-0.39, 0.29) is 11.9 Å². The zero-order valence-corrected chi connectivity index (χ0v) is 12.7. The molecule has 0 aliphatic carbocycles. The third kappa shape index (κ3) is 4.53. The Morgan fingerprint density at radius 2 is 2.37 bits per heavy atom. The fourth-order valence-electron chi connectivity index (χ4n) is 2.22. The van der Waals surface area contributed by atoms with Crippen LogP contribution in [0.4, 0.5) is 4.39 Å². The normalized spacial score (nSPS) is 20.7. The molecule has 0 bridgehead atoms. The second-order valence-electron chi connectivity index (χ2n) is 4.77. The first-order valence-electron chi connectivity index (χ1n) is 6.67. The lowest BCUT2D eigenvalue weighted by Gasteiger charge is -2.32. The Kier molecular flexibility index (Phi) is 5.76. The second-order valence-corrected chi connectivity index (χ2v) is 5.62. The van der Waals surface area contributed by atoms with Crippen LogP contribution in [0.15, 0.2) is 22.7 Å². The van der Waals surface area contributed by atoms with Gasteiger partial charge in [-0.3, -0.25) is 4.90 Å². The summed E-state index contributed by atoms with van der Waals surface area (Å²) in [5, 5.41) is 3.37. The maximum absolute atomic E-state index is 13.1. The van der Waals surface area contributed by atoms with Crippen molar-refractivity contribution in [3.05, 3.63) is 34.1 Å². The summed E-state index contributed by atoms with van der Waals surface area (Å²) in [4.78, 5) is 2.39. The number of benzene rings is 1. The molecule has 2 rings (SSSR count). The van der Waals surface area contributed by atoms with E-state index in [2.05, 4.69) is 33.1 Å². The summed E-state index contributed by atoms with van der Waals surface area (Å²) in [5.74, 6) is -0.224. The van der Waals surface area contributed by atoms with Crippen LogP contribution < -0.4 is 5.32 Å². The Balaban J connectivity index is 1.75. The van der Waals surface area contributed by atoms with Gasteiger partial charge in [-0.25, -0.2) is 4.39 Å². The van der Waals surface area contributed by atoms with Crippen molar-refractivity contribution < 1.29 is 9.13 Å². The maximum atomic E-state index is 13.1. The van der Waals surface area contributed by atoms with E-state index >= 15 is 0 Å². The Labute approximate surface area is 122 Å². The number of halogens is 2. The molecular formula is C14H20BrFN2O. The molecule has 1 N–H and O–H groups in total. The first-order chi connectivity index (χ1) is 9.19. The molecule has 1 aromatic rings. The van der Waals surface area contributed by atoms with E-state index in [1.807, 2.05) is 6.07 Å². The van der Waals surface area contributed by atoms with Gasteiger partial charge in [0.15, 0.2) is 0 Å². The molecule has 1 aromatic carbocycles. The van der Waals surface area contributed by atoms with Gasteiger partial charge in [0.25, 0.3) is 0 Å². The number of hydrogen-bond donors (Lipinski definition) is 1. The van der Waals surface area contributed by atoms with Gasteiger partial charge < -0.3 is 10.1 Å². The van der Waals surface area contributed by atoms with Crippen LogP contribution in [0.2, 0.25) is 0 Å². The molecule has 1 unspecified atom stereocenters. The summed E-state index contributed by atoms with van der Waals surface area (Å²) >= 11 is 3.20. The van der Waals surface area contributed by atoms with Crippen molar-refractivity contribution >= 4 is 15.9 Å². The molecule has 1 atom stereocenters. The average Bonchev–Trinajstić information content (AvgIpc) is 2.43. The summed E-state index contributed by atoms with van der Waals surface area (Å²) in [6.45, 7) is 7.61. The van der Waals surface area contributed by atoms with Gasteiger partial charge in [0.2, 0.25) is 0 Å². The Bertz CT molecular complexity index is 416. The lowest BCUT2D eigenvalue weighted by Crippen LogP contribution is -2.46. The van der Waals surface area contributed by atoms with Gasteiger partial charge in [-0.15, -0.1) is 0 Å². The number of rotatable bonds is 5. The molecule has 106 valence electrons. The van der Waals surface area contributed by atoms with Crippen molar-refractivity contribution in [2.24, 2.45) is 0 Å². The standard InChI is InChI=1S/C14H20BrFN2O/c1-2-18-5-6-19-12(10-18)9-17-8-11-3-4-14(16)13(15)7-11/h3-4,7,12,17H,2,5-6,8-10H2,1H3. The Hall–Kier alpha value is -0.490. The van der Waals surface area contributed by atoms with Gasteiger partial charge in [0, 0.05) is 26.2 Å². The lowest BCUT2D eigenvalue weighted by molar-refractivity contribution is -0.0253. The highest BCUT2D eigenvalue weighted by molar-refractivity contribution is 9.10. The molecule has 0 saturated carbocycles. The summed E-state index contributed by atoms with van der Waals surface area (Å²) < 4.78 is 19.3. The van der Waals surface area contributed by atoms with Crippen molar-refractivity contribution in [3.8, 4) is 0 Å². The number of hydrogen-bond acceptors (Lipinski definition) is 3. The van der Waals surface area contributed by atoms with Crippen molar-refractivity contribution in [2.45, 2.75) is 19.6 Å². The molecule has 3 nitrogen and oxygen atoms in total. The molecule has 1 heterocycles. The van der Waals surface area contributed by atoms with Crippen LogP contribution in [0, 0.1) is 5.82 Å². The molecule has 1 aliphatic heterocycles. The van der Waals surface area contributed by atoms with Gasteiger partial charge >= 0.3 is 0 Å². The largest absolute Gasteiger partial charge is 0.374 e. The van der Waals surface area contributed by atoms with Crippen LogP contribution in [0.1, 0.15) is 12.5 Å². The number of nitrogens with one attached hydrogen (secondary N) is 1. The number of ether oxygens (including phenoxy) is 1. The summed E-state index contributed by atoms with van der Waals surface area (Å²) in [5.41, 5.74) is 1.07. The summed E-state index contributed by atoms with van der Waals surface area (Å²) in [6, 6.07) is 5.09. The Morgan fingerprint density at radius 3 is 3.11 bits per heavy atom. The van der Waals surface area contributed by atoms with Crippen molar-refractivity contribution in [1.29, 1.82) is 0 Å². The van der Waals surface area contributed by atoms with Gasteiger partial charge in [-0.05, 0) is 40.2 Å². The number of morpholine rings is 1. The van der Waals surface area contributed by atoms with Crippen molar-refractivity contribution in [1.82, 2.24) is 10.2 Å². The molecule has 1 aliphatic rings. The van der Waals surface area contributed by atoms with Gasteiger partial charge in [0.1, 0.15) is 5.82 Å². The highest BCUT2D eigenvalue weighted by Crippen LogP contribution is 2.16. The third-order valence-electron chi connectivity index (χ3n) is 3.36. The SMILES string of the molecule is CCN1CCOC(CNCc2ccc(F)c(Br)c2)C1. The van der Waals surface area contributed by atoms with Crippen molar-refractivity contribution in [3.63, 3.8) is 0 Å². The van der Waals surface area contributed by atoms with E-state index in [0.29, 0.717) is 4.47 Å². The van der Waals surface area contributed by atoms with Crippen LogP contribution in [-0.4, -0.2) is 43.8 Å². The second kappa shape index (κ2) is 7.33. The van der Waals surface area contributed by atoms with Gasteiger partial charge in [-0.1, -0.05) is 13.0 Å². The fraction of sp³-hybridized carbons (Fsp3) is 0.571. The first kappa shape index (κ1) is 14.9. The number of nitrogens with zero attached hydrogens (tertiary/aromatic N) is 1. The molecule has 0 aromatic heterocycles. The predicted molar refractivity (Wildman–Crippen MR) is 77.7 cm³/mol. The van der Waals surface area contributed by atoms with Crippen LogP contribution in [0.25, 0.3) is 0 Å².